The quantitative estimate of drug-likeness (QED) is 0.572. The summed E-state index contributed by atoms with van der Waals surface area (Å²) in [5.74, 6) is -1.73. The molecule has 0 bridgehead atoms. The molecule has 3 rings (SSSR count). The Morgan fingerprint density at radius 3 is 2.10 bits per heavy atom. The Hall–Kier alpha value is -3.68. The van der Waals surface area contributed by atoms with E-state index in [-0.39, 0.29) is 17.1 Å². The first-order chi connectivity index (χ1) is 13.8. The van der Waals surface area contributed by atoms with Crippen LogP contribution in [0.5, 0.6) is 17.2 Å². The summed E-state index contributed by atoms with van der Waals surface area (Å²) in [4.78, 5) is 47.2. The van der Waals surface area contributed by atoms with Gasteiger partial charge >= 0.3 is 17.9 Å². The number of Topliss-reactive ketones (excluding diaryl/α,β-unsaturated/α-hetero) is 1. The van der Waals surface area contributed by atoms with E-state index in [1.54, 1.807) is 36.4 Å². The second-order valence-corrected chi connectivity index (χ2v) is 6.32. The number of rotatable bonds is 4. The van der Waals surface area contributed by atoms with Crippen LogP contribution in [0, 0.1) is 0 Å². The minimum Gasteiger partial charge on any atom is -0.480 e. The van der Waals surface area contributed by atoms with E-state index in [0.717, 1.165) is 0 Å². The molecule has 2 unspecified atom stereocenters. The normalized spacial score (nSPS) is 17.6. The van der Waals surface area contributed by atoms with Gasteiger partial charge in [-0.3, -0.25) is 19.2 Å². The molecule has 0 N–H and O–H groups in total. The van der Waals surface area contributed by atoms with Crippen LogP contribution in [0.25, 0.3) is 0 Å². The molecular formula is C21H18O8. The van der Waals surface area contributed by atoms with Crippen LogP contribution in [-0.4, -0.2) is 29.8 Å². The maximum Gasteiger partial charge on any atom is 0.308 e. The van der Waals surface area contributed by atoms with Crippen LogP contribution in [-0.2, 0) is 19.1 Å². The molecule has 0 aromatic heterocycles. The Morgan fingerprint density at radius 2 is 1.52 bits per heavy atom. The summed E-state index contributed by atoms with van der Waals surface area (Å²) in [5, 5.41) is 0. The topological polar surface area (TPSA) is 105 Å². The predicted octanol–water partition coefficient (Wildman–Crippen LogP) is 2.79. The minimum atomic E-state index is -1.28. The fourth-order valence-electron chi connectivity index (χ4n) is 3.00. The third kappa shape index (κ3) is 4.43. The van der Waals surface area contributed by atoms with Gasteiger partial charge in [0.1, 0.15) is 22.8 Å². The molecule has 0 radical (unpaired) electrons. The Kier molecular flexibility index (Phi) is 5.63. The molecule has 1 aliphatic heterocycles. The highest BCUT2D eigenvalue weighted by Crippen LogP contribution is 2.41. The van der Waals surface area contributed by atoms with Gasteiger partial charge in [-0.25, -0.2) is 0 Å². The lowest BCUT2D eigenvalue weighted by Gasteiger charge is -2.32. The number of esters is 3. The lowest BCUT2D eigenvalue weighted by atomic mass is 9.92. The van der Waals surface area contributed by atoms with Gasteiger partial charge < -0.3 is 18.9 Å². The van der Waals surface area contributed by atoms with E-state index in [1.165, 1.54) is 26.8 Å². The first kappa shape index (κ1) is 20.1. The summed E-state index contributed by atoms with van der Waals surface area (Å²) in [5.41, 5.74) is 0.561. The van der Waals surface area contributed by atoms with Crippen LogP contribution in [0.2, 0.25) is 0 Å². The first-order valence-electron chi connectivity index (χ1n) is 8.74. The summed E-state index contributed by atoms with van der Waals surface area (Å²) in [6, 6.07) is 10.9. The molecule has 1 aliphatic rings. The molecule has 2 atom stereocenters. The number of hydrogen-bond donors (Lipinski definition) is 0. The molecule has 2 aromatic rings. The number of benzene rings is 2. The number of carbonyl (C=O) groups is 4. The van der Waals surface area contributed by atoms with E-state index < -0.39 is 35.9 Å². The molecule has 1 heterocycles. The van der Waals surface area contributed by atoms with Crippen molar-refractivity contribution in [3.05, 3.63) is 53.6 Å². The average Bonchev–Trinajstić information content (AvgIpc) is 2.63. The summed E-state index contributed by atoms with van der Waals surface area (Å²) in [6.45, 7) is 3.68. The Bertz CT molecular complexity index is 977. The van der Waals surface area contributed by atoms with Crippen molar-refractivity contribution in [1.29, 1.82) is 0 Å². The number of fused-ring (bicyclic) bond motifs is 1. The highest BCUT2D eigenvalue weighted by Gasteiger charge is 2.42. The third-order valence-corrected chi connectivity index (χ3v) is 4.04. The van der Waals surface area contributed by atoms with Gasteiger partial charge in [0.25, 0.3) is 0 Å². The molecule has 0 fully saturated rings. The van der Waals surface area contributed by atoms with Crippen LogP contribution >= 0.6 is 0 Å². The average molecular weight is 398 g/mol. The molecule has 8 nitrogen and oxygen atoms in total. The van der Waals surface area contributed by atoms with Gasteiger partial charge in [0.2, 0.25) is 11.9 Å². The van der Waals surface area contributed by atoms with Crippen LogP contribution < -0.4 is 14.2 Å². The van der Waals surface area contributed by atoms with Crippen molar-refractivity contribution < 1.29 is 38.1 Å². The zero-order valence-corrected chi connectivity index (χ0v) is 16.0. The molecule has 2 aromatic carbocycles. The van der Waals surface area contributed by atoms with Crippen LogP contribution in [0.4, 0.5) is 0 Å². The predicted molar refractivity (Wildman–Crippen MR) is 98.8 cm³/mol. The van der Waals surface area contributed by atoms with Crippen molar-refractivity contribution in [1.82, 2.24) is 0 Å². The molecule has 0 amide bonds. The molecule has 0 aliphatic carbocycles. The van der Waals surface area contributed by atoms with Gasteiger partial charge in [-0.1, -0.05) is 18.2 Å². The van der Waals surface area contributed by atoms with Crippen LogP contribution in [0.1, 0.15) is 42.8 Å². The third-order valence-electron chi connectivity index (χ3n) is 4.04. The van der Waals surface area contributed by atoms with E-state index in [4.69, 9.17) is 18.9 Å². The molecule has 150 valence electrons. The minimum absolute atomic E-state index is 0.0285. The summed E-state index contributed by atoms with van der Waals surface area (Å²) in [6.07, 6.45) is -2.21. The fourth-order valence-corrected chi connectivity index (χ4v) is 3.00. The number of hydrogen-bond acceptors (Lipinski definition) is 8. The summed E-state index contributed by atoms with van der Waals surface area (Å²) in [7, 11) is 0. The second-order valence-electron chi connectivity index (χ2n) is 6.32. The number of carbonyl (C=O) groups excluding carboxylic acids is 4. The van der Waals surface area contributed by atoms with Gasteiger partial charge in [-0.05, 0) is 29.8 Å². The molecular weight excluding hydrogens is 380 g/mol. The van der Waals surface area contributed by atoms with Crippen molar-refractivity contribution in [2.24, 2.45) is 0 Å². The van der Waals surface area contributed by atoms with Gasteiger partial charge in [0, 0.05) is 20.8 Å². The van der Waals surface area contributed by atoms with Crippen LogP contribution in [0.15, 0.2) is 42.5 Å². The molecule has 0 spiro atoms. The molecule has 0 saturated heterocycles. The standard InChI is InChI=1S/C21H18O8/c1-11(22)26-15-9-7-14(8-10-15)20-21(28-13(3)24)19(25)18-16(27-12(2)23)5-4-6-17(18)29-20/h4-10,20-21H,1-3H3. The summed E-state index contributed by atoms with van der Waals surface area (Å²) < 4.78 is 21.3. The van der Waals surface area contributed by atoms with Crippen LogP contribution in [0.3, 0.4) is 0 Å². The maximum absolute atomic E-state index is 13.1. The van der Waals surface area contributed by atoms with Gasteiger partial charge in [0.05, 0.1) is 0 Å². The van der Waals surface area contributed by atoms with Crippen molar-refractivity contribution in [2.75, 3.05) is 0 Å². The summed E-state index contributed by atoms with van der Waals surface area (Å²) >= 11 is 0. The van der Waals surface area contributed by atoms with Gasteiger partial charge in [-0.2, -0.15) is 0 Å². The van der Waals surface area contributed by atoms with Gasteiger partial charge in [0.15, 0.2) is 6.10 Å². The monoisotopic (exact) mass is 398 g/mol. The van der Waals surface area contributed by atoms with Crippen molar-refractivity contribution in [2.45, 2.75) is 33.0 Å². The highest BCUT2D eigenvalue weighted by molar-refractivity contribution is 6.06. The lowest BCUT2D eigenvalue weighted by molar-refractivity contribution is -0.149. The smallest absolute Gasteiger partial charge is 0.308 e. The molecule has 0 saturated carbocycles. The second kappa shape index (κ2) is 8.14. The largest absolute Gasteiger partial charge is 0.480 e. The Labute approximate surface area is 166 Å². The van der Waals surface area contributed by atoms with E-state index in [0.29, 0.717) is 11.3 Å². The fraction of sp³-hybridized carbons (Fsp3) is 0.238. The number of ether oxygens (including phenoxy) is 4. The maximum atomic E-state index is 13.1. The van der Waals surface area contributed by atoms with E-state index in [9.17, 15) is 19.2 Å². The molecule has 8 heteroatoms. The first-order valence-corrected chi connectivity index (χ1v) is 8.74. The van der Waals surface area contributed by atoms with E-state index in [1.807, 2.05) is 0 Å². The van der Waals surface area contributed by atoms with Gasteiger partial charge in [-0.15, -0.1) is 0 Å². The lowest BCUT2D eigenvalue weighted by Crippen LogP contribution is -2.39. The van der Waals surface area contributed by atoms with Crippen molar-refractivity contribution in [3.63, 3.8) is 0 Å². The molecule has 29 heavy (non-hydrogen) atoms. The number of ketones is 1. The Balaban J connectivity index is 2.01. The Morgan fingerprint density at radius 1 is 0.862 bits per heavy atom. The van der Waals surface area contributed by atoms with Crippen molar-refractivity contribution in [3.8, 4) is 17.2 Å². The SMILES string of the molecule is CC(=O)Oc1ccc(C2Oc3cccc(OC(C)=O)c3C(=O)C2OC(C)=O)cc1. The van der Waals surface area contributed by atoms with Crippen molar-refractivity contribution >= 4 is 23.7 Å². The van der Waals surface area contributed by atoms with E-state index >= 15 is 0 Å². The highest BCUT2D eigenvalue weighted by atomic mass is 16.6. The zero-order valence-electron chi connectivity index (χ0n) is 16.0. The van der Waals surface area contributed by atoms with E-state index in [2.05, 4.69) is 0 Å². The zero-order chi connectivity index (χ0) is 21.1.